The van der Waals surface area contributed by atoms with E-state index in [1.165, 1.54) is 12.8 Å². The molecule has 0 heterocycles. The highest BCUT2D eigenvalue weighted by molar-refractivity contribution is 5.56. The summed E-state index contributed by atoms with van der Waals surface area (Å²) in [5.41, 5.74) is 1.15. The molecule has 0 saturated carbocycles. The summed E-state index contributed by atoms with van der Waals surface area (Å²) in [5.74, 6) is 0.777. The van der Waals surface area contributed by atoms with Gasteiger partial charge in [0.15, 0.2) is 0 Å². The van der Waals surface area contributed by atoms with Crippen LogP contribution in [0.4, 0.5) is 0 Å². The fourth-order valence-electron chi connectivity index (χ4n) is 1.41. The van der Waals surface area contributed by atoms with Crippen LogP contribution in [0.2, 0.25) is 0 Å². The van der Waals surface area contributed by atoms with Crippen LogP contribution < -0.4 is 0 Å². The largest absolute Gasteiger partial charge is 0.391 e. The van der Waals surface area contributed by atoms with Gasteiger partial charge in [0.05, 0.1) is 0 Å². The first-order valence-corrected chi connectivity index (χ1v) is 5.96. The fraction of sp³-hybridized carbons (Fsp3) is 0.500. The van der Waals surface area contributed by atoms with Crippen LogP contribution in [0.15, 0.2) is 35.5 Å². The van der Waals surface area contributed by atoms with Gasteiger partial charge in [0.25, 0.3) is 0 Å². The molecule has 0 N–H and O–H groups in total. The first-order valence-electron chi connectivity index (χ1n) is 5.96. The van der Waals surface area contributed by atoms with E-state index in [1.807, 2.05) is 36.5 Å². The number of nitrogens with zero attached hydrogens (tertiary/aromatic N) is 1. The minimum absolute atomic E-state index is 0.557. The number of unbranched alkanes of at least 4 members (excludes halogenated alkanes) is 1. The molecule has 0 fully saturated rings. The topological polar surface area (TPSA) is 21.6 Å². The first kappa shape index (κ1) is 12.8. The quantitative estimate of drug-likeness (QED) is 0.385. The molecule has 0 aliphatic heterocycles. The van der Waals surface area contributed by atoms with Crippen LogP contribution in [0, 0.1) is 5.92 Å². The molecule has 2 nitrogen and oxygen atoms in total. The lowest BCUT2D eigenvalue weighted by atomic mass is 10.1. The van der Waals surface area contributed by atoms with Gasteiger partial charge in [-0.1, -0.05) is 55.8 Å². The zero-order valence-corrected chi connectivity index (χ0v) is 10.2. The van der Waals surface area contributed by atoms with Crippen molar-refractivity contribution in [2.24, 2.45) is 11.1 Å². The molecule has 2 heteroatoms. The highest BCUT2D eigenvalue weighted by Gasteiger charge is 1.92. The molecule has 0 unspecified atom stereocenters. The lowest BCUT2D eigenvalue weighted by Crippen LogP contribution is -1.89. The predicted octanol–water partition coefficient (Wildman–Crippen LogP) is 4.02. The van der Waals surface area contributed by atoms with Crippen molar-refractivity contribution < 1.29 is 4.84 Å². The molecule has 0 atom stereocenters. The maximum Gasteiger partial charge on any atom is 0.142 e. The zero-order valence-electron chi connectivity index (χ0n) is 10.2. The molecule has 88 valence electrons. The van der Waals surface area contributed by atoms with Gasteiger partial charge in [-0.3, -0.25) is 0 Å². The molecule has 0 amide bonds. The molecule has 0 aliphatic carbocycles. The Bertz CT molecular complexity index is 293. The van der Waals surface area contributed by atoms with Crippen LogP contribution in [-0.2, 0) is 11.4 Å². The smallest absolute Gasteiger partial charge is 0.142 e. The van der Waals surface area contributed by atoms with Gasteiger partial charge in [-0.2, -0.15) is 0 Å². The Hall–Kier alpha value is -1.31. The van der Waals surface area contributed by atoms with Crippen molar-refractivity contribution >= 4 is 6.21 Å². The normalized spacial score (nSPS) is 11.2. The molecule has 0 bridgehead atoms. The average molecular weight is 219 g/mol. The lowest BCUT2D eigenvalue weighted by Gasteiger charge is -2.01. The van der Waals surface area contributed by atoms with Crippen molar-refractivity contribution in [3.8, 4) is 0 Å². The van der Waals surface area contributed by atoms with Crippen LogP contribution in [0.25, 0.3) is 0 Å². The molecule has 0 spiro atoms. The van der Waals surface area contributed by atoms with Crippen LogP contribution in [0.5, 0.6) is 0 Å². The van der Waals surface area contributed by atoms with E-state index in [4.69, 9.17) is 4.84 Å². The molecule has 1 rings (SSSR count). The van der Waals surface area contributed by atoms with Gasteiger partial charge in [0, 0.05) is 6.21 Å². The Morgan fingerprint density at radius 3 is 2.69 bits per heavy atom. The van der Waals surface area contributed by atoms with E-state index in [2.05, 4.69) is 19.0 Å². The monoisotopic (exact) mass is 219 g/mol. The minimum Gasteiger partial charge on any atom is -0.391 e. The second-order valence-corrected chi connectivity index (χ2v) is 4.37. The van der Waals surface area contributed by atoms with Crippen LogP contribution in [-0.4, -0.2) is 6.21 Å². The predicted molar refractivity (Wildman–Crippen MR) is 68.4 cm³/mol. The van der Waals surface area contributed by atoms with Gasteiger partial charge < -0.3 is 4.84 Å². The number of rotatable bonds is 7. The zero-order chi connectivity index (χ0) is 11.6. The summed E-state index contributed by atoms with van der Waals surface area (Å²) in [4.78, 5) is 5.20. The first-order chi connectivity index (χ1) is 7.79. The van der Waals surface area contributed by atoms with E-state index in [9.17, 15) is 0 Å². The Morgan fingerprint density at radius 1 is 1.25 bits per heavy atom. The standard InChI is InChI=1S/C14H21NO/c1-13(2)8-6-7-11-15-16-12-14-9-4-3-5-10-14/h3-5,9-11,13H,6-8,12H2,1-2H3/b15-11+. The van der Waals surface area contributed by atoms with Crippen molar-refractivity contribution in [1.82, 2.24) is 0 Å². The number of oxime groups is 1. The van der Waals surface area contributed by atoms with Gasteiger partial charge >= 0.3 is 0 Å². The van der Waals surface area contributed by atoms with Gasteiger partial charge in [0.1, 0.15) is 6.61 Å². The number of hydrogen-bond acceptors (Lipinski definition) is 2. The molecular formula is C14H21NO. The third-order valence-electron chi connectivity index (χ3n) is 2.34. The average Bonchev–Trinajstić information content (AvgIpc) is 2.29. The second kappa shape index (κ2) is 7.91. The van der Waals surface area contributed by atoms with Crippen molar-refractivity contribution in [1.29, 1.82) is 0 Å². The Morgan fingerprint density at radius 2 is 2.00 bits per heavy atom. The molecule has 0 radical (unpaired) electrons. The van der Waals surface area contributed by atoms with Crippen LogP contribution >= 0.6 is 0 Å². The summed E-state index contributed by atoms with van der Waals surface area (Å²) >= 11 is 0. The van der Waals surface area contributed by atoms with Crippen molar-refractivity contribution in [3.63, 3.8) is 0 Å². The molecule has 1 aromatic rings. The second-order valence-electron chi connectivity index (χ2n) is 4.37. The summed E-state index contributed by atoms with van der Waals surface area (Å²) in [6.07, 6.45) is 5.32. The fourth-order valence-corrected chi connectivity index (χ4v) is 1.41. The van der Waals surface area contributed by atoms with Gasteiger partial charge in [-0.15, -0.1) is 0 Å². The maximum absolute atomic E-state index is 5.20. The third kappa shape index (κ3) is 6.23. The molecule has 0 saturated heterocycles. The molecule has 0 aliphatic rings. The minimum atomic E-state index is 0.557. The van der Waals surface area contributed by atoms with Gasteiger partial charge in [0.2, 0.25) is 0 Å². The van der Waals surface area contributed by atoms with Crippen LogP contribution in [0.1, 0.15) is 38.7 Å². The Balaban J connectivity index is 2.05. The van der Waals surface area contributed by atoms with Crippen molar-refractivity contribution in [3.05, 3.63) is 35.9 Å². The summed E-state index contributed by atoms with van der Waals surface area (Å²) in [5, 5.41) is 3.94. The van der Waals surface area contributed by atoms with E-state index in [0.717, 1.165) is 17.9 Å². The lowest BCUT2D eigenvalue weighted by molar-refractivity contribution is 0.131. The molecule has 0 aromatic heterocycles. The summed E-state index contributed by atoms with van der Waals surface area (Å²) in [6, 6.07) is 10.1. The molecule has 16 heavy (non-hydrogen) atoms. The molecular weight excluding hydrogens is 198 g/mol. The van der Waals surface area contributed by atoms with Crippen LogP contribution in [0.3, 0.4) is 0 Å². The molecule has 1 aromatic carbocycles. The summed E-state index contributed by atoms with van der Waals surface area (Å²) < 4.78 is 0. The summed E-state index contributed by atoms with van der Waals surface area (Å²) in [6.45, 7) is 5.04. The SMILES string of the molecule is CC(C)CCC/C=N/OCc1ccccc1. The van der Waals surface area contributed by atoms with E-state index >= 15 is 0 Å². The maximum atomic E-state index is 5.20. The Labute approximate surface area is 98.3 Å². The van der Waals surface area contributed by atoms with E-state index in [1.54, 1.807) is 0 Å². The highest BCUT2D eigenvalue weighted by Crippen LogP contribution is 2.05. The van der Waals surface area contributed by atoms with E-state index in [-0.39, 0.29) is 0 Å². The highest BCUT2D eigenvalue weighted by atomic mass is 16.6. The van der Waals surface area contributed by atoms with E-state index in [0.29, 0.717) is 6.61 Å². The van der Waals surface area contributed by atoms with Gasteiger partial charge in [-0.25, -0.2) is 0 Å². The third-order valence-corrected chi connectivity index (χ3v) is 2.34. The summed E-state index contributed by atoms with van der Waals surface area (Å²) in [7, 11) is 0. The number of hydrogen-bond donors (Lipinski definition) is 0. The van der Waals surface area contributed by atoms with E-state index < -0.39 is 0 Å². The van der Waals surface area contributed by atoms with Gasteiger partial charge in [-0.05, 0) is 24.3 Å². The Kier molecular flexibility index (Phi) is 6.31. The number of benzene rings is 1. The van der Waals surface area contributed by atoms with Crippen molar-refractivity contribution in [2.45, 2.75) is 39.7 Å². The van der Waals surface area contributed by atoms with Crippen molar-refractivity contribution in [2.75, 3.05) is 0 Å².